The van der Waals surface area contributed by atoms with E-state index in [4.69, 9.17) is 5.73 Å². The van der Waals surface area contributed by atoms with Gasteiger partial charge in [-0.15, -0.1) is 0 Å². The number of hydrogen-bond donors (Lipinski definition) is 3. The molecule has 0 aliphatic rings. The lowest BCUT2D eigenvalue weighted by atomic mass is 10.4. The van der Waals surface area contributed by atoms with E-state index in [2.05, 4.69) is 20.6 Å². The number of nitrogens with zero attached hydrogens (tertiary/aromatic N) is 2. The van der Waals surface area contributed by atoms with Crippen molar-refractivity contribution in [1.82, 2.24) is 20.6 Å². The smallest absolute Gasteiger partial charge is 0.312 e. The van der Waals surface area contributed by atoms with Crippen molar-refractivity contribution in [2.75, 3.05) is 13.1 Å². The minimum Gasteiger partial charge on any atom is -0.352 e. The summed E-state index contributed by atoms with van der Waals surface area (Å²) < 4.78 is 0. The molecule has 6 nitrogen and oxygen atoms in total. The predicted molar refractivity (Wildman–Crippen MR) is 56.1 cm³/mol. The molecule has 1 aromatic rings. The summed E-state index contributed by atoms with van der Waals surface area (Å²) >= 11 is 0. The summed E-state index contributed by atoms with van der Waals surface area (Å²) in [7, 11) is 0. The Kier molecular flexibility index (Phi) is 4.49. The summed E-state index contributed by atoms with van der Waals surface area (Å²) in [6, 6.07) is 1.34. The fourth-order valence-corrected chi connectivity index (χ4v) is 1.09. The molecular weight excluding hydrogens is 194 g/mol. The molecule has 0 aliphatic carbocycles. The molecule has 4 N–H and O–H groups in total. The summed E-state index contributed by atoms with van der Waals surface area (Å²) in [5.41, 5.74) is 5.84. The molecular formula is C9H15N5O. The molecule has 0 aliphatic heterocycles. The van der Waals surface area contributed by atoms with Crippen molar-refractivity contribution in [3.63, 3.8) is 0 Å². The zero-order valence-electron chi connectivity index (χ0n) is 8.66. The zero-order valence-corrected chi connectivity index (χ0v) is 8.66. The molecule has 6 heteroatoms. The van der Waals surface area contributed by atoms with Crippen molar-refractivity contribution in [2.24, 2.45) is 5.73 Å². The molecule has 15 heavy (non-hydrogen) atoms. The van der Waals surface area contributed by atoms with Gasteiger partial charge in [0.05, 0.1) is 5.69 Å². The van der Waals surface area contributed by atoms with Crippen molar-refractivity contribution < 1.29 is 4.79 Å². The molecule has 0 aromatic carbocycles. The summed E-state index contributed by atoms with van der Waals surface area (Å²) in [6.07, 6.45) is 1.72. The number of carbonyl (C=O) groups excluding carboxylic acids is 1. The molecule has 0 bridgehead atoms. The molecule has 2 amide bonds. The summed E-state index contributed by atoms with van der Waals surface area (Å²) in [5, 5.41) is 5.61. The average Bonchev–Trinajstić information content (AvgIpc) is 2.17. The van der Waals surface area contributed by atoms with Gasteiger partial charge in [-0.25, -0.2) is 14.8 Å². The maximum absolute atomic E-state index is 10.3. The van der Waals surface area contributed by atoms with E-state index in [9.17, 15) is 4.79 Å². The minimum absolute atomic E-state index is 0.505. The van der Waals surface area contributed by atoms with E-state index in [0.29, 0.717) is 19.6 Å². The fourth-order valence-electron chi connectivity index (χ4n) is 1.09. The Hall–Kier alpha value is -1.69. The van der Waals surface area contributed by atoms with Crippen molar-refractivity contribution in [1.29, 1.82) is 0 Å². The van der Waals surface area contributed by atoms with E-state index >= 15 is 0 Å². The number of nitrogens with one attached hydrogen (secondary N) is 2. The van der Waals surface area contributed by atoms with Crippen LogP contribution in [0.15, 0.2) is 12.3 Å². The SMILES string of the molecule is Cc1nccc(CNCCNC(N)=O)n1. The number of amides is 2. The lowest BCUT2D eigenvalue weighted by molar-refractivity contribution is 0.249. The molecule has 0 radical (unpaired) electrons. The van der Waals surface area contributed by atoms with Crippen molar-refractivity contribution in [3.05, 3.63) is 23.8 Å². The topological polar surface area (TPSA) is 92.9 Å². The Balaban J connectivity index is 2.17. The maximum atomic E-state index is 10.3. The third-order valence-electron chi connectivity index (χ3n) is 1.74. The van der Waals surface area contributed by atoms with Crippen LogP contribution in [0.3, 0.4) is 0 Å². The quantitative estimate of drug-likeness (QED) is 0.572. The summed E-state index contributed by atoms with van der Waals surface area (Å²) in [5.74, 6) is 0.754. The molecule has 0 saturated heterocycles. The number of carbonyl (C=O) groups is 1. The molecule has 0 spiro atoms. The van der Waals surface area contributed by atoms with E-state index in [0.717, 1.165) is 11.5 Å². The number of rotatable bonds is 5. The van der Waals surface area contributed by atoms with Gasteiger partial charge < -0.3 is 16.4 Å². The lowest BCUT2D eigenvalue weighted by Gasteiger charge is -2.04. The van der Waals surface area contributed by atoms with Gasteiger partial charge in [0.2, 0.25) is 0 Å². The standard InChI is InChI=1S/C9H15N5O/c1-7-12-3-2-8(14-7)6-11-4-5-13-9(10)15/h2-3,11H,4-6H2,1H3,(H3,10,13,15). The third kappa shape index (κ3) is 4.92. The largest absolute Gasteiger partial charge is 0.352 e. The molecule has 0 fully saturated rings. The van der Waals surface area contributed by atoms with E-state index in [-0.39, 0.29) is 0 Å². The molecule has 1 rings (SSSR count). The number of primary amides is 1. The monoisotopic (exact) mass is 209 g/mol. The second-order valence-corrected chi connectivity index (χ2v) is 3.06. The lowest BCUT2D eigenvalue weighted by Crippen LogP contribution is -2.35. The first-order valence-corrected chi connectivity index (χ1v) is 4.71. The first kappa shape index (κ1) is 11.4. The van der Waals surface area contributed by atoms with Gasteiger partial charge in [0.25, 0.3) is 0 Å². The van der Waals surface area contributed by atoms with Crippen molar-refractivity contribution >= 4 is 6.03 Å². The summed E-state index contributed by atoms with van der Waals surface area (Å²) in [6.45, 7) is 3.67. The van der Waals surface area contributed by atoms with Crippen LogP contribution in [-0.2, 0) is 6.54 Å². The van der Waals surface area contributed by atoms with Crippen LogP contribution in [0.5, 0.6) is 0 Å². The first-order chi connectivity index (χ1) is 7.18. The molecule has 0 atom stereocenters. The number of urea groups is 1. The molecule has 82 valence electrons. The van der Waals surface area contributed by atoms with Crippen LogP contribution in [0.2, 0.25) is 0 Å². The normalized spacial score (nSPS) is 9.93. The van der Waals surface area contributed by atoms with E-state index in [1.165, 1.54) is 0 Å². The van der Waals surface area contributed by atoms with Gasteiger partial charge in [-0.2, -0.15) is 0 Å². The van der Waals surface area contributed by atoms with Crippen LogP contribution in [0, 0.1) is 6.92 Å². The third-order valence-corrected chi connectivity index (χ3v) is 1.74. The Labute approximate surface area is 88.3 Å². The van der Waals surface area contributed by atoms with Crippen molar-refractivity contribution in [3.8, 4) is 0 Å². The number of hydrogen-bond acceptors (Lipinski definition) is 4. The average molecular weight is 209 g/mol. The zero-order chi connectivity index (χ0) is 11.1. The fraction of sp³-hybridized carbons (Fsp3) is 0.444. The molecule has 1 aromatic heterocycles. The van der Waals surface area contributed by atoms with Crippen LogP contribution >= 0.6 is 0 Å². The first-order valence-electron chi connectivity index (χ1n) is 4.71. The number of aryl methyl sites for hydroxylation is 1. The second kappa shape index (κ2) is 5.92. The van der Waals surface area contributed by atoms with Crippen LogP contribution < -0.4 is 16.4 Å². The van der Waals surface area contributed by atoms with E-state index in [1.54, 1.807) is 6.20 Å². The van der Waals surface area contributed by atoms with Crippen LogP contribution in [0.25, 0.3) is 0 Å². The van der Waals surface area contributed by atoms with Gasteiger partial charge in [0, 0.05) is 25.8 Å². The van der Waals surface area contributed by atoms with E-state index in [1.807, 2.05) is 13.0 Å². The highest BCUT2D eigenvalue weighted by Crippen LogP contribution is 1.92. The Morgan fingerprint density at radius 2 is 2.33 bits per heavy atom. The minimum atomic E-state index is -0.505. The predicted octanol–water partition coefficient (Wildman–Crippen LogP) is -0.457. The van der Waals surface area contributed by atoms with Crippen LogP contribution in [-0.4, -0.2) is 29.1 Å². The van der Waals surface area contributed by atoms with Gasteiger partial charge in [0.1, 0.15) is 5.82 Å². The Morgan fingerprint density at radius 1 is 1.53 bits per heavy atom. The summed E-state index contributed by atoms with van der Waals surface area (Å²) in [4.78, 5) is 18.6. The van der Waals surface area contributed by atoms with Gasteiger partial charge in [-0.3, -0.25) is 0 Å². The number of aromatic nitrogens is 2. The highest BCUT2D eigenvalue weighted by atomic mass is 16.2. The van der Waals surface area contributed by atoms with Gasteiger partial charge in [0.15, 0.2) is 0 Å². The Bertz CT molecular complexity index is 328. The van der Waals surface area contributed by atoms with Gasteiger partial charge in [-0.05, 0) is 13.0 Å². The molecule has 0 saturated carbocycles. The van der Waals surface area contributed by atoms with Crippen molar-refractivity contribution in [2.45, 2.75) is 13.5 Å². The highest BCUT2D eigenvalue weighted by Gasteiger charge is 1.95. The number of nitrogens with two attached hydrogens (primary N) is 1. The Morgan fingerprint density at radius 3 is 3.00 bits per heavy atom. The van der Waals surface area contributed by atoms with Crippen LogP contribution in [0.4, 0.5) is 4.79 Å². The second-order valence-electron chi connectivity index (χ2n) is 3.06. The van der Waals surface area contributed by atoms with Gasteiger partial charge >= 0.3 is 6.03 Å². The van der Waals surface area contributed by atoms with E-state index < -0.39 is 6.03 Å². The molecule has 0 unspecified atom stereocenters. The molecule has 1 heterocycles. The maximum Gasteiger partial charge on any atom is 0.312 e. The highest BCUT2D eigenvalue weighted by molar-refractivity contribution is 5.71. The van der Waals surface area contributed by atoms with Gasteiger partial charge in [-0.1, -0.05) is 0 Å². The van der Waals surface area contributed by atoms with Crippen LogP contribution in [0.1, 0.15) is 11.5 Å².